The number of amides is 4. The molecule has 4 amide bonds. The zero-order chi connectivity index (χ0) is 27.5. The average molecular weight is 519 g/mol. The highest BCUT2D eigenvalue weighted by Gasteiger charge is 2.70. The summed E-state index contributed by atoms with van der Waals surface area (Å²) in [7, 11) is 0. The minimum absolute atomic E-state index is 0.0707. The van der Waals surface area contributed by atoms with E-state index in [4.69, 9.17) is 10.5 Å². The lowest BCUT2D eigenvalue weighted by atomic mass is 9.80. The zero-order valence-electron chi connectivity index (χ0n) is 22.9. The summed E-state index contributed by atoms with van der Waals surface area (Å²) in [6.07, 6.45) is 4.20. The van der Waals surface area contributed by atoms with Gasteiger partial charge in [0.05, 0.1) is 6.04 Å². The Morgan fingerprint density at radius 1 is 1.05 bits per heavy atom. The van der Waals surface area contributed by atoms with Crippen molar-refractivity contribution >= 4 is 29.6 Å². The lowest BCUT2D eigenvalue weighted by molar-refractivity contribution is -0.144. The molecule has 0 aromatic carbocycles. The summed E-state index contributed by atoms with van der Waals surface area (Å²) < 4.78 is 5.41. The topological polar surface area (TPSA) is 148 Å². The van der Waals surface area contributed by atoms with Crippen LogP contribution in [-0.4, -0.2) is 64.8 Å². The van der Waals surface area contributed by atoms with Crippen LogP contribution < -0.4 is 16.4 Å². The number of nitrogens with two attached hydrogens (primary N) is 1. The molecule has 4 N–H and O–H groups in total. The minimum atomic E-state index is -1.07. The molecule has 0 bridgehead atoms. The van der Waals surface area contributed by atoms with Gasteiger partial charge in [-0.25, -0.2) is 4.79 Å². The van der Waals surface area contributed by atoms with Gasteiger partial charge in [0, 0.05) is 6.54 Å². The van der Waals surface area contributed by atoms with Gasteiger partial charge in [0.15, 0.2) is 0 Å². The van der Waals surface area contributed by atoms with E-state index in [0.717, 1.165) is 32.1 Å². The normalized spacial score (nSPS) is 28.7. The third kappa shape index (κ3) is 5.48. The monoisotopic (exact) mass is 518 g/mol. The number of carbonyl (C=O) groups excluding carboxylic acids is 5. The van der Waals surface area contributed by atoms with Crippen molar-refractivity contribution in [3.63, 3.8) is 0 Å². The second-order valence-electron chi connectivity index (χ2n) is 13.4. The van der Waals surface area contributed by atoms with Gasteiger partial charge in [-0.3, -0.25) is 19.2 Å². The number of hydrogen-bond acceptors (Lipinski definition) is 6. The number of carbonyl (C=O) groups is 5. The molecule has 4 fully saturated rings. The summed E-state index contributed by atoms with van der Waals surface area (Å²) in [5, 5.41) is 5.57. The summed E-state index contributed by atoms with van der Waals surface area (Å²) >= 11 is 0. The van der Waals surface area contributed by atoms with Crippen LogP contribution in [0.5, 0.6) is 0 Å². The Labute approximate surface area is 218 Å². The molecular weight excluding hydrogens is 476 g/mol. The van der Waals surface area contributed by atoms with E-state index < -0.39 is 52.8 Å². The van der Waals surface area contributed by atoms with Crippen molar-refractivity contribution in [3.05, 3.63) is 0 Å². The predicted molar refractivity (Wildman–Crippen MR) is 135 cm³/mol. The number of likely N-dealkylation sites (tertiary alicyclic amines) is 1. The van der Waals surface area contributed by atoms with Crippen molar-refractivity contribution in [1.82, 2.24) is 15.5 Å². The molecule has 206 valence electrons. The number of alkyl carbamates (subject to hydrolysis) is 1. The third-order valence-corrected chi connectivity index (χ3v) is 9.07. The van der Waals surface area contributed by atoms with E-state index >= 15 is 0 Å². The molecule has 10 heteroatoms. The van der Waals surface area contributed by atoms with E-state index in [2.05, 4.69) is 24.5 Å². The largest absolute Gasteiger partial charge is 0.444 e. The second-order valence-corrected chi connectivity index (χ2v) is 13.4. The number of hydrogen-bond donors (Lipinski definition) is 3. The summed E-state index contributed by atoms with van der Waals surface area (Å²) in [4.78, 5) is 66.0. The van der Waals surface area contributed by atoms with Crippen LogP contribution in [0.15, 0.2) is 0 Å². The number of rotatable bonds is 9. The fourth-order valence-corrected chi connectivity index (χ4v) is 6.15. The lowest BCUT2D eigenvalue weighted by Gasteiger charge is -2.36. The number of piperidine rings is 1. The van der Waals surface area contributed by atoms with Gasteiger partial charge in [0.2, 0.25) is 17.6 Å². The summed E-state index contributed by atoms with van der Waals surface area (Å²) in [5.74, 6) is -2.31. The standard InChI is InChI=1S/C27H42N4O6/c1-25(2,3)37-24(36)30-20(27(6)10-11-27)23(35)31-13-15-17(26(15,4)5)18(31)22(34)29-16(19(32)21(28)33)12-14-8-7-9-14/h14-18,20H,7-13H2,1-6H3,(H2,28,33)(H,29,34)(H,30,36)/t15-,16?,17-,18-,20?/m0/s1. The number of nitrogens with zero attached hydrogens (tertiary/aromatic N) is 1. The van der Waals surface area contributed by atoms with Crippen molar-refractivity contribution in [3.8, 4) is 0 Å². The van der Waals surface area contributed by atoms with Crippen molar-refractivity contribution in [2.75, 3.05) is 6.54 Å². The Hall–Kier alpha value is -2.65. The average Bonchev–Trinajstić information content (AvgIpc) is 3.52. The van der Waals surface area contributed by atoms with Gasteiger partial charge >= 0.3 is 6.09 Å². The Morgan fingerprint density at radius 2 is 1.68 bits per heavy atom. The summed E-state index contributed by atoms with van der Waals surface area (Å²) in [5.41, 5.74) is 4.03. The van der Waals surface area contributed by atoms with Gasteiger partial charge in [-0.1, -0.05) is 40.0 Å². The second kappa shape index (κ2) is 9.27. The van der Waals surface area contributed by atoms with Crippen LogP contribution in [0.3, 0.4) is 0 Å². The van der Waals surface area contributed by atoms with Gasteiger partial charge < -0.3 is 26.0 Å². The molecule has 4 rings (SSSR count). The molecule has 1 aliphatic heterocycles. The van der Waals surface area contributed by atoms with Crippen LogP contribution in [0, 0.1) is 28.6 Å². The lowest BCUT2D eigenvalue weighted by Crippen LogP contribution is -2.60. The molecule has 2 unspecified atom stereocenters. The van der Waals surface area contributed by atoms with Crippen LogP contribution in [0.4, 0.5) is 4.79 Å². The van der Waals surface area contributed by atoms with Gasteiger partial charge in [-0.2, -0.15) is 0 Å². The molecule has 0 radical (unpaired) electrons. The molecule has 3 aliphatic carbocycles. The first-order valence-electron chi connectivity index (χ1n) is 13.5. The molecule has 1 heterocycles. The third-order valence-electron chi connectivity index (χ3n) is 9.07. The van der Waals surface area contributed by atoms with Crippen molar-refractivity contribution in [2.45, 2.75) is 104 Å². The maximum absolute atomic E-state index is 13.9. The fraction of sp³-hybridized carbons (Fsp3) is 0.815. The molecular formula is C27H42N4O6. The number of primary amides is 1. The quantitative estimate of drug-likeness (QED) is 0.397. The molecule has 10 nitrogen and oxygen atoms in total. The molecule has 0 aromatic heterocycles. The van der Waals surface area contributed by atoms with E-state index in [-0.39, 0.29) is 29.1 Å². The molecule has 0 spiro atoms. The molecule has 3 saturated carbocycles. The summed E-state index contributed by atoms with van der Waals surface area (Å²) in [6, 6.07) is -2.61. The number of Topliss-reactive ketones (excluding diaryl/α,β-unsaturated/α-hetero) is 1. The first-order valence-corrected chi connectivity index (χ1v) is 13.5. The maximum atomic E-state index is 13.9. The van der Waals surface area contributed by atoms with E-state index in [1.807, 2.05) is 6.92 Å². The molecule has 1 saturated heterocycles. The Morgan fingerprint density at radius 3 is 2.16 bits per heavy atom. The summed E-state index contributed by atoms with van der Waals surface area (Å²) in [6.45, 7) is 11.8. The Kier molecular flexibility index (Phi) is 6.86. The maximum Gasteiger partial charge on any atom is 0.408 e. The van der Waals surface area contributed by atoms with Gasteiger partial charge in [0.1, 0.15) is 17.7 Å². The highest BCUT2D eigenvalue weighted by atomic mass is 16.6. The van der Waals surface area contributed by atoms with Crippen LogP contribution >= 0.6 is 0 Å². The van der Waals surface area contributed by atoms with Crippen molar-refractivity contribution < 1.29 is 28.7 Å². The number of fused-ring (bicyclic) bond motifs is 1. The zero-order valence-corrected chi connectivity index (χ0v) is 22.9. The van der Waals surface area contributed by atoms with Gasteiger partial charge in [-0.15, -0.1) is 0 Å². The first kappa shape index (κ1) is 27.4. The molecule has 5 atom stereocenters. The molecule has 37 heavy (non-hydrogen) atoms. The van der Waals surface area contributed by atoms with Gasteiger partial charge in [0.25, 0.3) is 5.91 Å². The molecule has 0 aromatic rings. The van der Waals surface area contributed by atoms with E-state index in [9.17, 15) is 24.0 Å². The SMILES string of the molecule is CC(C)(C)OC(=O)NC(C(=O)N1C[C@H]2[C@@H]([C@H]1C(=O)NC(CC1CCC1)C(=O)C(N)=O)C2(C)C)C1(C)CC1. The first-order chi connectivity index (χ1) is 17.0. The minimum Gasteiger partial charge on any atom is -0.444 e. The molecule has 4 aliphatic rings. The number of nitrogens with one attached hydrogen (secondary N) is 2. The van der Waals surface area contributed by atoms with Gasteiger partial charge in [-0.05, 0) is 68.6 Å². The van der Waals surface area contributed by atoms with Crippen molar-refractivity contribution in [2.24, 2.45) is 34.3 Å². The predicted octanol–water partition coefficient (Wildman–Crippen LogP) is 1.89. The van der Waals surface area contributed by atoms with E-state index in [1.54, 1.807) is 25.7 Å². The number of ketones is 1. The van der Waals surface area contributed by atoms with Crippen LogP contribution in [-0.2, 0) is 23.9 Å². The van der Waals surface area contributed by atoms with Crippen LogP contribution in [0.2, 0.25) is 0 Å². The van der Waals surface area contributed by atoms with Crippen LogP contribution in [0.25, 0.3) is 0 Å². The van der Waals surface area contributed by atoms with E-state index in [1.165, 1.54) is 0 Å². The Bertz CT molecular complexity index is 993. The Balaban J connectivity index is 1.54. The number of ether oxygens (including phenoxy) is 1. The smallest absolute Gasteiger partial charge is 0.408 e. The van der Waals surface area contributed by atoms with E-state index in [0.29, 0.717) is 13.0 Å². The highest BCUT2D eigenvalue weighted by Crippen LogP contribution is 2.65. The fourth-order valence-electron chi connectivity index (χ4n) is 6.15. The van der Waals surface area contributed by atoms with Crippen LogP contribution in [0.1, 0.15) is 80.1 Å². The van der Waals surface area contributed by atoms with Crippen molar-refractivity contribution in [1.29, 1.82) is 0 Å². The highest BCUT2D eigenvalue weighted by molar-refractivity contribution is 6.37.